The van der Waals surface area contributed by atoms with Crippen LogP contribution in [0.25, 0.3) is 0 Å². The van der Waals surface area contributed by atoms with E-state index in [4.69, 9.17) is 0 Å². The van der Waals surface area contributed by atoms with Crippen molar-refractivity contribution >= 4 is 0 Å². The van der Waals surface area contributed by atoms with Crippen molar-refractivity contribution in [1.29, 1.82) is 0 Å². The lowest BCUT2D eigenvalue weighted by Gasteiger charge is -2.17. The topological polar surface area (TPSA) is 36.8 Å². The Bertz CT molecular complexity index is 300. The molecule has 0 aromatic heterocycles. The number of allylic oxidation sites excluding steroid dienone is 1. The van der Waals surface area contributed by atoms with Crippen molar-refractivity contribution in [2.45, 2.75) is 25.8 Å². The Morgan fingerprint density at radius 3 is 3.00 bits per heavy atom. The molecule has 3 nitrogen and oxygen atoms in total. The average molecular weight is 205 g/mol. The summed E-state index contributed by atoms with van der Waals surface area (Å²) in [6, 6.07) is 0.126. The molecule has 0 amide bonds. The van der Waals surface area contributed by atoms with E-state index in [0.29, 0.717) is 0 Å². The van der Waals surface area contributed by atoms with Gasteiger partial charge >= 0.3 is 0 Å². The summed E-state index contributed by atoms with van der Waals surface area (Å²) < 4.78 is 0. The second-order valence-corrected chi connectivity index (χ2v) is 3.56. The van der Waals surface area contributed by atoms with Crippen LogP contribution in [-0.2, 0) is 0 Å². The van der Waals surface area contributed by atoms with Crippen LogP contribution in [0, 0.1) is 0 Å². The molecule has 0 saturated carbocycles. The number of rotatable bonds is 5. The fourth-order valence-electron chi connectivity index (χ4n) is 1.58. The summed E-state index contributed by atoms with van der Waals surface area (Å²) in [7, 11) is 1.94. The van der Waals surface area contributed by atoms with E-state index in [1.807, 2.05) is 13.1 Å². The van der Waals surface area contributed by atoms with E-state index in [2.05, 4.69) is 35.1 Å². The first-order valence-electron chi connectivity index (χ1n) is 5.37. The number of nitrogens with one attached hydrogen (secondary N) is 1. The van der Waals surface area contributed by atoms with Crippen LogP contribution in [0.2, 0.25) is 0 Å². The smallest absolute Gasteiger partial charge is 0.0994 e. The quantitative estimate of drug-likeness (QED) is 0.688. The second-order valence-electron chi connectivity index (χ2n) is 3.56. The molecule has 15 heavy (non-hydrogen) atoms. The Kier molecular flexibility index (Phi) is 4.98. The molecule has 0 fully saturated rings. The lowest BCUT2D eigenvalue weighted by molar-refractivity contribution is 0.713. The summed E-state index contributed by atoms with van der Waals surface area (Å²) in [5, 5.41) is 11.3. The number of azo groups is 1. The standard InChI is InChI=1S/C12H19N3/c1-4-6-11(9-13-3)10(2)12-7-5-8-14-15-12/h5-6,8,12-13H,2,4,7,9H2,1,3H3/b11-6-. The lowest BCUT2D eigenvalue weighted by atomic mass is 9.97. The maximum absolute atomic E-state index is 4.18. The van der Waals surface area contributed by atoms with Crippen LogP contribution >= 0.6 is 0 Å². The Hall–Kier alpha value is -1.22. The molecular weight excluding hydrogens is 186 g/mol. The molecule has 0 aromatic rings. The van der Waals surface area contributed by atoms with Crippen molar-refractivity contribution in [1.82, 2.24) is 5.32 Å². The van der Waals surface area contributed by atoms with Gasteiger partial charge in [-0.15, -0.1) is 0 Å². The van der Waals surface area contributed by atoms with Crippen LogP contribution in [0.4, 0.5) is 0 Å². The molecule has 1 heterocycles. The molecule has 1 N–H and O–H groups in total. The van der Waals surface area contributed by atoms with Crippen LogP contribution in [0.15, 0.2) is 46.3 Å². The average Bonchev–Trinajstić information content (AvgIpc) is 2.29. The van der Waals surface area contributed by atoms with E-state index in [0.717, 1.165) is 25.0 Å². The van der Waals surface area contributed by atoms with Crippen molar-refractivity contribution in [2.24, 2.45) is 10.2 Å². The van der Waals surface area contributed by atoms with E-state index < -0.39 is 0 Å². The Labute approximate surface area is 91.7 Å². The molecular formula is C12H19N3. The first kappa shape index (κ1) is 11.9. The SMILES string of the molecule is C=C(/C(=C\CC)CNC)C1CC=CN=N1. The summed E-state index contributed by atoms with van der Waals surface area (Å²) in [6.07, 6.45) is 7.91. The molecule has 82 valence electrons. The zero-order valence-electron chi connectivity index (χ0n) is 9.53. The van der Waals surface area contributed by atoms with E-state index in [-0.39, 0.29) is 6.04 Å². The summed E-state index contributed by atoms with van der Waals surface area (Å²) in [5.74, 6) is 0. The van der Waals surface area contributed by atoms with E-state index >= 15 is 0 Å². The fourth-order valence-corrected chi connectivity index (χ4v) is 1.58. The minimum Gasteiger partial charge on any atom is -0.316 e. The molecule has 1 aliphatic heterocycles. The maximum Gasteiger partial charge on any atom is 0.0994 e. The maximum atomic E-state index is 4.18. The molecule has 0 aromatic carbocycles. The summed E-state index contributed by atoms with van der Waals surface area (Å²) >= 11 is 0. The summed E-state index contributed by atoms with van der Waals surface area (Å²) in [5.41, 5.74) is 2.33. The summed E-state index contributed by atoms with van der Waals surface area (Å²) in [4.78, 5) is 0. The van der Waals surface area contributed by atoms with Gasteiger partial charge in [-0.25, -0.2) is 0 Å². The first-order valence-corrected chi connectivity index (χ1v) is 5.37. The predicted molar refractivity (Wildman–Crippen MR) is 63.8 cm³/mol. The lowest BCUT2D eigenvalue weighted by Crippen LogP contribution is -2.17. The minimum atomic E-state index is 0.126. The van der Waals surface area contributed by atoms with Gasteiger partial charge in [-0.05, 0) is 31.0 Å². The first-order chi connectivity index (χ1) is 7.29. The van der Waals surface area contributed by atoms with Crippen LogP contribution in [0.5, 0.6) is 0 Å². The van der Waals surface area contributed by atoms with Gasteiger partial charge in [0.05, 0.1) is 6.04 Å². The predicted octanol–water partition coefficient (Wildman–Crippen LogP) is 2.84. The third kappa shape index (κ3) is 3.44. The van der Waals surface area contributed by atoms with Gasteiger partial charge in [0.2, 0.25) is 0 Å². The highest BCUT2D eigenvalue weighted by atomic mass is 15.1. The van der Waals surface area contributed by atoms with Gasteiger partial charge in [0.25, 0.3) is 0 Å². The number of hydrogen-bond acceptors (Lipinski definition) is 3. The van der Waals surface area contributed by atoms with Gasteiger partial charge in [-0.2, -0.15) is 10.2 Å². The van der Waals surface area contributed by atoms with Crippen LogP contribution < -0.4 is 5.32 Å². The molecule has 1 aliphatic rings. The van der Waals surface area contributed by atoms with Gasteiger partial charge in [-0.1, -0.05) is 25.7 Å². The largest absolute Gasteiger partial charge is 0.316 e. The number of hydrogen-bond donors (Lipinski definition) is 1. The van der Waals surface area contributed by atoms with Crippen molar-refractivity contribution < 1.29 is 0 Å². The van der Waals surface area contributed by atoms with Gasteiger partial charge < -0.3 is 5.32 Å². The molecule has 0 saturated heterocycles. The number of nitrogens with zero attached hydrogens (tertiary/aromatic N) is 2. The second kappa shape index (κ2) is 6.30. The van der Waals surface area contributed by atoms with Gasteiger partial charge in [0, 0.05) is 12.7 Å². The Balaban J connectivity index is 2.67. The van der Waals surface area contributed by atoms with Crippen molar-refractivity contribution in [3.05, 3.63) is 36.1 Å². The van der Waals surface area contributed by atoms with E-state index in [1.54, 1.807) is 6.20 Å². The highest BCUT2D eigenvalue weighted by Crippen LogP contribution is 2.21. The van der Waals surface area contributed by atoms with E-state index in [9.17, 15) is 0 Å². The zero-order valence-corrected chi connectivity index (χ0v) is 9.53. The van der Waals surface area contributed by atoms with Crippen molar-refractivity contribution in [3.8, 4) is 0 Å². The third-order valence-corrected chi connectivity index (χ3v) is 2.37. The highest BCUT2D eigenvalue weighted by Gasteiger charge is 2.14. The van der Waals surface area contributed by atoms with Gasteiger partial charge in [0.1, 0.15) is 0 Å². The molecule has 1 atom stereocenters. The van der Waals surface area contributed by atoms with Crippen LogP contribution in [0.3, 0.4) is 0 Å². The van der Waals surface area contributed by atoms with Crippen molar-refractivity contribution in [2.75, 3.05) is 13.6 Å². The number of likely N-dealkylation sites (N-methyl/N-ethyl adjacent to an activating group) is 1. The monoisotopic (exact) mass is 205 g/mol. The Morgan fingerprint density at radius 2 is 2.47 bits per heavy atom. The minimum absolute atomic E-state index is 0.126. The fraction of sp³-hybridized carbons (Fsp3) is 0.500. The highest BCUT2D eigenvalue weighted by molar-refractivity contribution is 5.34. The van der Waals surface area contributed by atoms with E-state index in [1.165, 1.54) is 5.57 Å². The molecule has 1 unspecified atom stereocenters. The molecule has 0 spiro atoms. The molecule has 0 radical (unpaired) electrons. The van der Waals surface area contributed by atoms with Gasteiger partial charge in [-0.3, -0.25) is 0 Å². The molecule has 0 bridgehead atoms. The van der Waals surface area contributed by atoms with Crippen molar-refractivity contribution in [3.63, 3.8) is 0 Å². The summed E-state index contributed by atoms with van der Waals surface area (Å²) in [6.45, 7) is 7.10. The molecule has 0 aliphatic carbocycles. The molecule has 3 heteroatoms. The molecule has 1 rings (SSSR count). The normalized spacial score (nSPS) is 20.7. The Morgan fingerprint density at radius 1 is 1.67 bits per heavy atom. The zero-order chi connectivity index (χ0) is 11.1. The third-order valence-electron chi connectivity index (χ3n) is 2.37. The van der Waals surface area contributed by atoms with Crippen LogP contribution in [-0.4, -0.2) is 19.6 Å². The van der Waals surface area contributed by atoms with Crippen LogP contribution in [0.1, 0.15) is 19.8 Å². The van der Waals surface area contributed by atoms with Gasteiger partial charge in [0.15, 0.2) is 0 Å².